The Bertz CT molecular complexity index is 2790. The zero-order chi connectivity index (χ0) is 32.7. The fraction of sp³-hybridized carbons (Fsp3) is 0.0625. The van der Waals surface area contributed by atoms with Crippen LogP contribution in [0.4, 0.5) is 0 Å². The molecule has 9 aromatic rings. The lowest BCUT2D eigenvalue weighted by atomic mass is 9.80. The maximum absolute atomic E-state index is 4.73. The molecule has 0 saturated carbocycles. The van der Waals surface area contributed by atoms with Crippen LogP contribution in [0.25, 0.3) is 87.6 Å². The van der Waals surface area contributed by atoms with Gasteiger partial charge in [-0.3, -0.25) is 4.98 Å². The number of rotatable bonds is 3. The summed E-state index contributed by atoms with van der Waals surface area (Å²) >= 11 is 0. The highest BCUT2D eigenvalue weighted by molar-refractivity contribution is 6.24. The molecule has 0 saturated heterocycles. The van der Waals surface area contributed by atoms with Crippen molar-refractivity contribution in [3.05, 3.63) is 175 Å². The average Bonchev–Trinajstić information content (AvgIpc) is 3.38. The maximum Gasteiger partial charge on any atom is 0.0353 e. The molecule has 0 spiro atoms. The molecular weight excluding hydrogens is 591 g/mol. The van der Waals surface area contributed by atoms with Crippen LogP contribution in [-0.2, 0) is 5.41 Å². The van der Waals surface area contributed by atoms with Crippen molar-refractivity contribution < 1.29 is 0 Å². The topological polar surface area (TPSA) is 12.9 Å². The first-order chi connectivity index (χ1) is 24.1. The van der Waals surface area contributed by atoms with Crippen molar-refractivity contribution in [1.82, 2.24) is 4.98 Å². The Balaban J connectivity index is 1.34. The van der Waals surface area contributed by atoms with Crippen LogP contribution in [0.15, 0.2) is 164 Å². The van der Waals surface area contributed by atoms with E-state index in [1.807, 2.05) is 6.20 Å². The number of nitrogens with zero attached hydrogens (tertiary/aromatic N) is 1. The maximum atomic E-state index is 4.73. The normalized spacial score (nSPS) is 13.3. The zero-order valence-electron chi connectivity index (χ0n) is 27.5. The molecule has 0 aliphatic heterocycles. The Morgan fingerprint density at radius 1 is 0.388 bits per heavy atom. The molecular formula is C48H33N. The number of hydrogen-bond donors (Lipinski definition) is 0. The van der Waals surface area contributed by atoms with Gasteiger partial charge in [-0.1, -0.05) is 147 Å². The Hall–Kier alpha value is -6.05. The summed E-state index contributed by atoms with van der Waals surface area (Å²) in [5, 5.41) is 9.88. The minimum Gasteiger partial charge on any atom is -0.264 e. The first kappa shape index (κ1) is 28.0. The third-order valence-electron chi connectivity index (χ3n) is 10.9. The number of pyridine rings is 1. The second-order valence-electron chi connectivity index (χ2n) is 13.9. The van der Waals surface area contributed by atoms with Crippen LogP contribution >= 0.6 is 0 Å². The Morgan fingerprint density at radius 3 is 1.82 bits per heavy atom. The summed E-state index contributed by atoms with van der Waals surface area (Å²) in [7, 11) is 0. The highest BCUT2D eigenvalue weighted by Crippen LogP contribution is 2.52. The number of benzene rings is 8. The van der Waals surface area contributed by atoms with Crippen LogP contribution in [0.2, 0.25) is 0 Å². The van der Waals surface area contributed by atoms with Crippen molar-refractivity contribution in [3.63, 3.8) is 0 Å². The summed E-state index contributed by atoms with van der Waals surface area (Å²) in [5.41, 5.74) is 12.8. The molecule has 1 aliphatic carbocycles. The Kier molecular flexibility index (Phi) is 5.99. The van der Waals surface area contributed by atoms with Crippen LogP contribution < -0.4 is 0 Å². The lowest BCUT2D eigenvalue weighted by molar-refractivity contribution is 0.660. The highest BCUT2D eigenvalue weighted by atomic mass is 14.6. The van der Waals surface area contributed by atoms with Gasteiger partial charge in [-0.05, 0) is 112 Å². The van der Waals surface area contributed by atoms with Crippen molar-refractivity contribution in [1.29, 1.82) is 0 Å². The Morgan fingerprint density at radius 2 is 1.00 bits per heavy atom. The monoisotopic (exact) mass is 623 g/mol. The molecule has 1 aliphatic rings. The minimum atomic E-state index is -0.0912. The molecule has 0 N–H and O–H groups in total. The largest absolute Gasteiger partial charge is 0.264 e. The molecule has 230 valence electrons. The van der Waals surface area contributed by atoms with E-state index in [9.17, 15) is 0 Å². The SMILES string of the molecule is CC1(C)c2ccccc2-c2ccc(-c3c4cc(-c5cccc6ccccc56)ccc4c(-c4cccc5ccccc45)c4cnccc34)cc21. The van der Waals surface area contributed by atoms with E-state index in [1.54, 1.807) is 0 Å². The third kappa shape index (κ3) is 4.09. The second-order valence-corrected chi connectivity index (χ2v) is 13.9. The lowest BCUT2D eigenvalue weighted by Crippen LogP contribution is -2.14. The molecule has 0 amide bonds. The minimum absolute atomic E-state index is 0.0912. The molecule has 1 aromatic heterocycles. The first-order valence-corrected chi connectivity index (χ1v) is 17.1. The summed E-state index contributed by atoms with van der Waals surface area (Å²) in [6.45, 7) is 4.73. The summed E-state index contributed by atoms with van der Waals surface area (Å²) in [5.74, 6) is 0. The molecule has 1 heterocycles. The van der Waals surface area contributed by atoms with Gasteiger partial charge < -0.3 is 0 Å². The molecule has 10 rings (SSSR count). The molecule has 8 aromatic carbocycles. The van der Waals surface area contributed by atoms with E-state index in [2.05, 4.69) is 172 Å². The summed E-state index contributed by atoms with van der Waals surface area (Å²) in [6, 6.07) is 56.1. The highest BCUT2D eigenvalue weighted by Gasteiger charge is 2.35. The summed E-state index contributed by atoms with van der Waals surface area (Å²) < 4.78 is 0. The molecule has 0 unspecified atom stereocenters. The molecule has 49 heavy (non-hydrogen) atoms. The van der Waals surface area contributed by atoms with Crippen LogP contribution in [-0.4, -0.2) is 4.98 Å². The van der Waals surface area contributed by atoms with Gasteiger partial charge in [0.2, 0.25) is 0 Å². The third-order valence-corrected chi connectivity index (χ3v) is 10.9. The van der Waals surface area contributed by atoms with Gasteiger partial charge in [0.1, 0.15) is 0 Å². The van der Waals surface area contributed by atoms with Gasteiger partial charge in [0.05, 0.1) is 0 Å². The van der Waals surface area contributed by atoms with Crippen molar-refractivity contribution in [2.24, 2.45) is 0 Å². The van der Waals surface area contributed by atoms with Crippen molar-refractivity contribution >= 4 is 43.1 Å². The lowest BCUT2D eigenvalue weighted by Gasteiger charge is -2.23. The predicted molar refractivity (Wildman–Crippen MR) is 208 cm³/mol. The zero-order valence-corrected chi connectivity index (χ0v) is 27.5. The number of fused-ring (bicyclic) bond motifs is 7. The summed E-state index contributed by atoms with van der Waals surface area (Å²) in [4.78, 5) is 4.73. The van der Waals surface area contributed by atoms with Gasteiger partial charge in [0.25, 0.3) is 0 Å². The van der Waals surface area contributed by atoms with Gasteiger partial charge in [-0.15, -0.1) is 0 Å². The smallest absolute Gasteiger partial charge is 0.0353 e. The molecule has 0 radical (unpaired) electrons. The second kappa shape index (κ2) is 10.5. The van der Waals surface area contributed by atoms with E-state index in [0.717, 1.165) is 0 Å². The van der Waals surface area contributed by atoms with Crippen LogP contribution in [0, 0.1) is 0 Å². The van der Waals surface area contributed by atoms with Crippen molar-refractivity contribution in [2.45, 2.75) is 19.3 Å². The Labute approximate surface area is 286 Å². The van der Waals surface area contributed by atoms with E-state index >= 15 is 0 Å². The molecule has 0 fully saturated rings. The fourth-order valence-electron chi connectivity index (χ4n) is 8.62. The van der Waals surface area contributed by atoms with Crippen LogP contribution in [0.1, 0.15) is 25.0 Å². The van der Waals surface area contributed by atoms with E-state index in [4.69, 9.17) is 4.98 Å². The van der Waals surface area contributed by atoms with Crippen molar-refractivity contribution in [2.75, 3.05) is 0 Å². The van der Waals surface area contributed by atoms with E-state index < -0.39 is 0 Å². The standard InChI is InChI=1S/C48H33N/c1-48(2)44-20-8-7-17-37(44)38-23-22-33(28-45(38)48)46-41-25-26-49-29-43(41)47(39-19-10-14-31-12-4-6-16-35(31)39)40-24-21-32(27-42(40)46)36-18-9-13-30-11-3-5-15-34(30)36/h3-29H,1-2H3. The van der Waals surface area contributed by atoms with E-state index in [-0.39, 0.29) is 5.41 Å². The molecule has 1 heteroatoms. The van der Waals surface area contributed by atoms with Gasteiger partial charge in [-0.2, -0.15) is 0 Å². The van der Waals surface area contributed by atoms with Gasteiger partial charge >= 0.3 is 0 Å². The average molecular weight is 624 g/mol. The predicted octanol–water partition coefficient (Wildman–Crippen LogP) is 13.0. The van der Waals surface area contributed by atoms with Crippen molar-refractivity contribution in [3.8, 4) is 44.5 Å². The van der Waals surface area contributed by atoms with Gasteiger partial charge in [0, 0.05) is 23.2 Å². The van der Waals surface area contributed by atoms with E-state index in [1.165, 1.54) is 98.7 Å². The van der Waals surface area contributed by atoms with Gasteiger partial charge in [0.15, 0.2) is 0 Å². The quantitative estimate of drug-likeness (QED) is 0.178. The van der Waals surface area contributed by atoms with Crippen LogP contribution in [0.3, 0.4) is 0 Å². The van der Waals surface area contributed by atoms with Gasteiger partial charge in [-0.25, -0.2) is 0 Å². The number of aromatic nitrogens is 1. The molecule has 0 bridgehead atoms. The number of hydrogen-bond acceptors (Lipinski definition) is 1. The fourth-order valence-corrected chi connectivity index (χ4v) is 8.62. The molecule has 1 nitrogen and oxygen atoms in total. The summed E-state index contributed by atoms with van der Waals surface area (Å²) in [6.07, 6.45) is 4.02. The van der Waals surface area contributed by atoms with E-state index in [0.29, 0.717) is 0 Å². The van der Waals surface area contributed by atoms with Crippen LogP contribution in [0.5, 0.6) is 0 Å². The first-order valence-electron chi connectivity index (χ1n) is 17.1. The molecule has 0 atom stereocenters.